The van der Waals surface area contributed by atoms with Crippen LogP contribution in [0.4, 0.5) is 0 Å². The van der Waals surface area contributed by atoms with Crippen molar-refractivity contribution in [1.29, 1.82) is 0 Å². The average Bonchev–Trinajstić information content (AvgIpc) is 2.47. The van der Waals surface area contributed by atoms with Crippen molar-refractivity contribution in [2.45, 2.75) is 26.3 Å². The Kier molecular flexibility index (Phi) is 4.74. The Morgan fingerprint density at radius 1 is 1.30 bits per heavy atom. The van der Waals surface area contributed by atoms with Gasteiger partial charge in [0.2, 0.25) is 0 Å². The molecule has 0 aromatic heterocycles. The normalized spacial score (nSPS) is 18.3. The molecule has 20 heavy (non-hydrogen) atoms. The maximum atomic E-state index is 12.3. The van der Waals surface area contributed by atoms with E-state index in [4.69, 9.17) is 17.0 Å². The molecule has 2 N–H and O–H groups in total. The second-order valence-electron chi connectivity index (χ2n) is 4.43. The van der Waals surface area contributed by atoms with Gasteiger partial charge in [0.15, 0.2) is 5.11 Å². The summed E-state index contributed by atoms with van der Waals surface area (Å²) < 4.78 is 5.18. The van der Waals surface area contributed by atoms with Crippen molar-refractivity contribution < 1.29 is 9.53 Å². The fourth-order valence-electron chi connectivity index (χ4n) is 2.21. The van der Waals surface area contributed by atoms with Crippen LogP contribution in [0.5, 0.6) is 0 Å². The smallest absolute Gasteiger partial charge is 0.338 e. The van der Waals surface area contributed by atoms with Crippen LogP contribution >= 0.6 is 12.2 Å². The van der Waals surface area contributed by atoms with Crippen LogP contribution in [0.25, 0.3) is 5.70 Å². The van der Waals surface area contributed by atoms with E-state index in [1.54, 1.807) is 6.92 Å². The highest BCUT2D eigenvalue weighted by Gasteiger charge is 2.30. The predicted octanol–water partition coefficient (Wildman–Crippen LogP) is 2.22. The van der Waals surface area contributed by atoms with Crippen LogP contribution in [0.1, 0.15) is 25.8 Å². The number of carbonyl (C=O) groups is 1. The number of benzene rings is 1. The standard InChI is InChI=1S/C15H18N2O2S/c1-3-11-12(14(18)19-4-2)13(17-15(20)16-11)10-8-6-5-7-9-10/h5-9,11H,3-4H2,1-2H3,(H2,16,17,20)/t11-/m0/s1. The lowest BCUT2D eigenvalue weighted by Gasteiger charge is -2.30. The highest BCUT2D eigenvalue weighted by Crippen LogP contribution is 2.24. The van der Waals surface area contributed by atoms with Crippen molar-refractivity contribution in [2.75, 3.05) is 6.61 Å². The van der Waals surface area contributed by atoms with Crippen LogP contribution in [0.15, 0.2) is 35.9 Å². The van der Waals surface area contributed by atoms with Gasteiger partial charge in [0, 0.05) is 0 Å². The number of nitrogens with one attached hydrogen (secondary N) is 2. The maximum Gasteiger partial charge on any atom is 0.338 e. The zero-order valence-electron chi connectivity index (χ0n) is 11.6. The molecule has 2 rings (SSSR count). The Morgan fingerprint density at radius 2 is 2.00 bits per heavy atom. The van der Waals surface area contributed by atoms with Crippen molar-refractivity contribution >= 4 is 29.0 Å². The molecular weight excluding hydrogens is 272 g/mol. The highest BCUT2D eigenvalue weighted by molar-refractivity contribution is 7.80. The van der Waals surface area contributed by atoms with E-state index in [0.717, 1.165) is 17.7 Å². The summed E-state index contributed by atoms with van der Waals surface area (Å²) in [5.74, 6) is -0.305. The molecule has 0 amide bonds. The average molecular weight is 290 g/mol. The molecule has 4 nitrogen and oxygen atoms in total. The predicted molar refractivity (Wildman–Crippen MR) is 82.9 cm³/mol. The van der Waals surface area contributed by atoms with Crippen LogP contribution in [0.3, 0.4) is 0 Å². The fraction of sp³-hybridized carbons (Fsp3) is 0.333. The van der Waals surface area contributed by atoms with E-state index in [1.165, 1.54) is 0 Å². The third-order valence-electron chi connectivity index (χ3n) is 3.13. The summed E-state index contributed by atoms with van der Waals surface area (Å²) in [6.07, 6.45) is 0.756. The Labute approximate surface area is 124 Å². The van der Waals surface area contributed by atoms with Gasteiger partial charge in [-0.1, -0.05) is 37.3 Å². The van der Waals surface area contributed by atoms with E-state index >= 15 is 0 Å². The number of esters is 1. The van der Waals surface area contributed by atoms with Gasteiger partial charge >= 0.3 is 5.97 Å². The Bertz CT molecular complexity index is 540. The number of ether oxygens (including phenoxy) is 1. The molecule has 1 aromatic carbocycles. The van der Waals surface area contributed by atoms with Gasteiger partial charge in [-0.15, -0.1) is 0 Å². The van der Waals surface area contributed by atoms with Gasteiger partial charge in [-0.05, 0) is 31.1 Å². The number of hydrogen-bond donors (Lipinski definition) is 2. The Balaban J connectivity index is 2.52. The first-order valence-electron chi connectivity index (χ1n) is 6.71. The van der Waals surface area contributed by atoms with Crippen molar-refractivity contribution in [1.82, 2.24) is 10.6 Å². The number of rotatable bonds is 4. The largest absolute Gasteiger partial charge is 0.463 e. The third-order valence-corrected chi connectivity index (χ3v) is 3.35. The highest BCUT2D eigenvalue weighted by atomic mass is 32.1. The van der Waals surface area contributed by atoms with E-state index in [2.05, 4.69) is 10.6 Å². The molecule has 0 spiro atoms. The number of carbonyl (C=O) groups excluding carboxylic acids is 1. The molecule has 1 aliphatic heterocycles. The maximum absolute atomic E-state index is 12.3. The van der Waals surface area contributed by atoms with Crippen molar-refractivity contribution in [3.63, 3.8) is 0 Å². The van der Waals surface area contributed by atoms with Gasteiger partial charge in [-0.2, -0.15) is 0 Å². The number of thiocarbonyl (C=S) groups is 1. The molecule has 0 saturated heterocycles. The summed E-state index contributed by atoms with van der Waals surface area (Å²) in [6, 6.07) is 9.56. The second-order valence-corrected chi connectivity index (χ2v) is 4.84. The lowest BCUT2D eigenvalue weighted by atomic mass is 9.96. The number of hydrogen-bond acceptors (Lipinski definition) is 3. The summed E-state index contributed by atoms with van der Waals surface area (Å²) in [4.78, 5) is 12.3. The van der Waals surface area contributed by atoms with Crippen molar-refractivity contribution in [2.24, 2.45) is 0 Å². The quantitative estimate of drug-likeness (QED) is 0.658. The van der Waals surface area contributed by atoms with E-state index in [-0.39, 0.29) is 12.0 Å². The molecule has 1 aliphatic rings. The molecule has 0 bridgehead atoms. The lowest BCUT2D eigenvalue weighted by molar-refractivity contribution is -0.138. The monoisotopic (exact) mass is 290 g/mol. The topological polar surface area (TPSA) is 50.4 Å². The summed E-state index contributed by atoms with van der Waals surface area (Å²) in [7, 11) is 0. The summed E-state index contributed by atoms with van der Waals surface area (Å²) in [6.45, 7) is 4.16. The van der Waals surface area contributed by atoms with Crippen LogP contribution in [0.2, 0.25) is 0 Å². The molecule has 0 fully saturated rings. The Hall–Kier alpha value is -1.88. The first kappa shape index (κ1) is 14.5. The van der Waals surface area contributed by atoms with Crippen molar-refractivity contribution in [3.8, 4) is 0 Å². The molecule has 5 heteroatoms. The zero-order valence-corrected chi connectivity index (χ0v) is 12.4. The van der Waals surface area contributed by atoms with Crippen LogP contribution in [0, 0.1) is 0 Å². The molecule has 106 valence electrons. The minimum absolute atomic E-state index is 0.127. The summed E-state index contributed by atoms with van der Waals surface area (Å²) >= 11 is 5.22. The first-order valence-corrected chi connectivity index (χ1v) is 7.12. The lowest BCUT2D eigenvalue weighted by Crippen LogP contribution is -2.49. The van der Waals surface area contributed by atoms with Gasteiger partial charge in [0.05, 0.1) is 23.9 Å². The summed E-state index contributed by atoms with van der Waals surface area (Å²) in [5, 5.41) is 6.73. The van der Waals surface area contributed by atoms with Gasteiger partial charge in [0.25, 0.3) is 0 Å². The minimum Gasteiger partial charge on any atom is -0.463 e. The fourth-order valence-corrected chi connectivity index (χ4v) is 2.46. The van der Waals surface area contributed by atoms with E-state index in [0.29, 0.717) is 17.3 Å². The van der Waals surface area contributed by atoms with E-state index in [1.807, 2.05) is 37.3 Å². The van der Waals surface area contributed by atoms with E-state index < -0.39 is 0 Å². The third kappa shape index (κ3) is 2.99. The zero-order chi connectivity index (χ0) is 14.5. The van der Waals surface area contributed by atoms with E-state index in [9.17, 15) is 4.79 Å². The van der Waals surface area contributed by atoms with Crippen LogP contribution in [-0.2, 0) is 9.53 Å². The molecule has 0 aliphatic carbocycles. The van der Waals surface area contributed by atoms with Gasteiger partial charge in [-0.25, -0.2) is 4.79 Å². The molecule has 1 atom stereocenters. The van der Waals surface area contributed by atoms with Crippen LogP contribution in [-0.4, -0.2) is 23.7 Å². The molecule has 0 radical (unpaired) electrons. The van der Waals surface area contributed by atoms with Crippen LogP contribution < -0.4 is 10.6 Å². The van der Waals surface area contributed by atoms with Gasteiger partial charge in [0.1, 0.15) is 0 Å². The minimum atomic E-state index is -0.305. The van der Waals surface area contributed by atoms with Gasteiger partial charge < -0.3 is 15.4 Å². The molecule has 1 heterocycles. The SMILES string of the molecule is CCOC(=O)C1=C(c2ccccc2)NC(=S)N[C@H]1CC. The second kappa shape index (κ2) is 6.52. The first-order chi connectivity index (χ1) is 9.67. The molecule has 1 aromatic rings. The Morgan fingerprint density at radius 3 is 2.60 bits per heavy atom. The van der Waals surface area contributed by atoms with Gasteiger partial charge in [-0.3, -0.25) is 0 Å². The van der Waals surface area contributed by atoms with Crippen molar-refractivity contribution in [3.05, 3.63) is 41.5 Å². The molecule has 0 saturated carbocycles. The summed E-state index contributed by atoms with van der Waals surface area (Å²) in [5.41, 5.74) is 2.27. The molecular formula is C15H18N2O2S. The molecule has 0 unspecified atom stereocenters.